The van der Waals surface area contributed by atoms with Crippen molar-refractivity contribution < 1.29 is 4.52 Å². The van der Waals surface area contributed by atoms with Gasteiger partial charge >= 0.3 is 0 Å². The van der Waals surface area contributed by atoms with Crippen molar-refractivity contribution in [2.45, 2.75) is 39.2 Å². The second-order valence-electron chi connectivity index (χ2n) is 4.77. The fraction of sp³-hybridized carbons (Fsp3) is 0.467. The van der Waals surface area contributed by atoms with Crippen molar-refractivity contribution in [1.82, 2.24) is 15.5 Å². The number of nitrogens with zero attached hydrogens (tertiary/aromatic N) is 2. The molecule has 20 heavy (non-hydrogen) atoms. The van der Waals surface area contributed by atoms with Crippen molar-refractivity contribution in [1.29, 1.82) is 0 Å². The molecule has 0 fully saturated rings. The van der Waals surface area contributed by atoms with E-state index in [4.69, 9.17) is 4.52 Å². The van der Waals surface area contributed by atoms with Gasteiger partial charge in [-0.2, -0.15) is 4.98 Å². The molecule has 1 atom stereocenters. The Balaban J connectivity index is 2.06. The smallest absolute Gasteiger partial charge is 0.228 e. The van der Waals surface area contributed by atoms with E-state index >= 15 is 0 Å². The fourth-order valence-corrected chi connectivity index (χ4v) is 2.44. The summed E-state index contributed by atoms with van der Waals surface area (Å²) in [4.78, 5) is 4.48. The predicted molar refractivity (Wildman–Crippen MR) is 83.5 cm³/mol. The highest BCUT2D eigenvalue weighted by atomic mass is 79.9. The molecule has 1 aromatic heterocycles. The van der Waals surface area contributed by atoms with Gasteiger partial charge in [-0.15, -0.1) is 0 Å². The lowest BCUT2D eigenvalue weighted by Gasteiger charge is -2.14. The van der Waals surface area contributed by atoms with E-state index in [1.165, 1.54) is 0 Å². The van der Waals surface area contributed by atoms with E-state index in [9.17, 15) is 0 Å². The molecule has 5 heteroatoms. The van der Waals surface area contributed by atoms with Crippen molar-refractivity contribution >= 4 is 15.9 Å². The van der Waals surface area contributed by atoms with Gasteiger partial charge < -0.3 is 9.84 Å². The van der Waals surface area contributed by atoms with Gasteiger partial charge in [-0.3, -0.25) is 0 Å². The molecule has 4 nitrogen and oxygen atoms in total. The topological polar surface area (TPSA) is 51.0 Å². The Morgan fingerprint density at radius 3 is 2.65 bits per heavy atom. The molecular weight excluding hydrogens is 318 g/mol. The van der Waals surface area contributed by atoms with Crippen molar-refractivity contribution in [3.63, 3.8) is 0 Å². The fourth-order valence-electron chi connectivity index (χ4n) is 2.18. The summed E-state index contributed by atoms with van der Waals surface area (Å²) in [6, 6.07) is 8.32. The van der Waals surface area contributed by atoms with Crippen LogP contribution in [0.25, 0.3) is 11.4 Å². The molecular formula is C15H20BrN3O. The molecule has 0 saturated heterocycles. The molecule has 0 saturated carbocycles. The molecule has 2 aromatic rings. The SMILES string of the molecule is CCCC(Cc1nc(-c2ccc(Br)cc2)no1)NCC. The maximum Gasteiger partial charge on any atom is 0.228 e. The summed E-state index contributed by atoms with van der Waals surface area (Å²) in [6.07, 6.45) is 3.04. The van der Waals surface area contributed by atoms with Gasteiger partial charge in [0.1, 0.15) is 0 Å². The summed E-state index contributed by atoms with van der Waals surface area (Å²) in [6.45, 7) is 5.26. The van der Waals surface area contributed by atoms with Gasteiger partial charge in [0.05, 0.1) is 0 Å². The molecule has 0 radical (unpaired) electrons. The van der Waals surface area contributed by atoms with Gasteiger partial charge in [-0.25, -0.2) is 0 Å². The molecule has 0 bridgehead atoms. The van der Waals surface area contributed by atoms with Crippen molar-refractivity contribution in [3.8, 4) is 11.4 Å². The van der Waals surface area contributed by atoms with Crippen LogP contribution in [-0.2, 0) is 6.42 Å². The average molecular weight is 338 g/mol. The zero-order valence-corrected chi connectivity index (χ0v) is 13.5. The Kier molecular flexibility index (Phi) is 5.73. The van der Waals surface area contributed by atoms with Gasteiger partial charge in [0.25, 0.3) is 0 Å². The first-order valence-electron chi connectivity index (χ1n) is 7.04. The lowest BCUT2D eigenvalue weighted by atomic mass is 10.1. The van der Waals surface area contributed by atoms with Crippen LogP contribution in [0.2, 0.25) is 0 Å². The van der Waals surface area contributed by atoms with Crippen LogP contribution < -0.4 is 5.32 Å². The number of hydrogen-bond acceptors (Lipinski definition) is 4. The first-order chi connectivity index (χ1) is 9.72. The Morgan fingerprint density at radius 2 is 2.00 bits per heavy atom. The average Bonchev–Trinajstić information content (AvgIpc) is 2.89. The lowest BCUT2D eigenvalue weighted by molar-refractivity contribution is 0.352. The second-order valence-corrected chi connectivity index (χ2v) is 5.68. The van der Waals surface area contributed by atoms with Crippen LogP contribution in [0.3, 0.4) is 0 Å². The maximum absolute atomic E-state index is 5.36. The predicted octanol–water partition coefficient (Wildman–Crippen LogP) is 3.82. The minimum absolute atomic E-state index is 0.406. The summed E-state index contributed by atoms with van der Waals surface area (Å²) < 4.78 is 6.40. The minimum atomic E-state index is 0.406. The molecule has 0 spiro atoms. The molecule has 0 amide bonds. The molecule has 2 rings (SSSR count). The van der Waals surface area contributed by atoms with Gasteiger partial charge in [0, 0.05) is 22.5 Å². The summed E-state index contributed by atoms with van der Waals surface area (Å²) >= 11 is 3.42. The number of benzene rings is 1. The van der Waals surface area contributed by atoms with Crippen LogP contribution in [0.1, 0.15) is 32.6 Å². The summed E-state index contributed by atoms with van der Waals surface area (Å²) in [5.41, 5.74) is 0.971. The molecule has 1 heterocycles. The van der Waals surface area contributed by atoms with Crippen LogP contribution in [0, 0.1) is 0 Å². The van der Waals surface area contributed by atoms with E-state index < -0.39 is 0 Å². The third kappa shape index (κ3) is 4.15. The summed E-state index contributed by atoms with van der Waals surface area (Å²) in [5.74, 6) is 1.35. The van der Waals surface area contributed by atoms with Crippen LogP contribution in [0.5, 0.6) is 0 Å². The zero-order chi connectivity index (χ0) is 14.4. The van der Waals surface area contributed by atoms with Gasteiger partial charge in [-0.1, -0.05) is 41.4 Å². The number of aromatic nitrogens is 2. The van der Waals surface area contributed by atoms with E-state index in [0.717, 1.165) is 35.8 Å². The normalized spacial score (nSPS) is 12.6. The van der Waals surface area contributed by atoms with Crippen LogP contribution in [0.4, 0.5) is 0 Å². The number of halogens is 1. The molecule has 1 aromatic carbocycles. The van der Waals surface area contributed by atoms with Gasteiger partial charge in [0.15, 0.2) is 0 Å². The Hall–Kier alpha value is -1.20. The van der Waals surface area contributed by atoms with Gasteiger partial charge in [-0.05, 0) is 37.2 Å². The number of hydrogen-bond donors (Lipinski definition) is 1. The molecule has 1 N–H and O–H groups in total. The van der Waals surface area contributed by atoms with E-state index in [1.54, 1.807) is 0 Å². The lowest BCUT2D eigenvalue weighted by Crippen LogP contribution is -2.30. The van der Waals surface area contributed by atoms with Crippen LogP contribution in [-0.4, -0.2) is 22.7 Å². The standard InChI is InChI=1S/C15H20BrN3O/c1-3-5-13(17-4-2)10-14-18-15(19-20-14)11-6-8-12(16)9-7-11/h6-9,13,17H,3-5,10H2,1-2H3. The highest BCUT2D eigenvalue weighted by Gasteiger charge is 2.14. The minimum Gasteiger partial charge on any atom is -0.339 e. The van der Waals surface area contributed by atoms with E-state index in [2.05, 4.69) is 45.2 Å². The van der Waals surface area contributed by atoms with E-state index in [0.29, 0.717) is 17.8 Å². The molecule has 1 unspecified atom stereocenters. The first kappa shape index (κ1) is 15.2. The third-order valence-corrected chi connectivity index (χ3v) is 3.65. The van der Waals surface area contributed by atoms with Crippen molar-refractivity contribution in [2.75, 3.05) is 6.54 Å². The van der Waals surface area contributed by atoms with Gasteiger partial charge in [0.2, 0.25) is 11.7 Å². The quantitative estimate of drug-likeness (QED) is 0.834. The number of likely N-dealkylation sites (N-methyl/N-ethyl adjacent to an activating group) is 1. The molecule has 108 valence electrons. The third-order valence-electron chi connectivity index (χ3n) is 3.12. The molecule has 0 aliphatic heterocycles. The maximum atomic E-state index is 5.36. The van der Waals surface area contributed by atoms with Crippen molar-refractivity contribution in [2.24, 2.45) is 0 Å². The number of nitrogens with one attached hydrogen (secondary N) is 1. The zero-order valence-electron chi connectivity index (χ0n) is 11.9. The van der Waals surface area contributed by atoms with E-state index in [1.807, 2.05) is 24.3 Å². The number of rotatable bonds is 7. The Morgan fingerprint density at radius 1 is 1.25 bits per heavy atom. The summed E-state index contributed by atoms with van der Waals surface area (Å²) in [7, 11) is 0. The highest BCUT2D eigenvalue weighted by molar-refractivity contribution is 9.10. The Labute approximate surface area is 128 Å². The Bertz CT molecular complexity index is 518. The monoisotopic (exact) mass is 337 g/mol. The van der Waals surface area contributed by atoms with Crippen LogP contribution in [0.15, 0.2) is 33.3 Å². The molecule has 0 aliphatic carbocycles. The highest BCUT2D eigenvalue weighted by Crippen LogP contribution is 2.19. The van der Waals surface area contributed by atoms with Crippen LogP contribution >= 0.6 is 15.9 Å². The second kappa shape index (κ2) is 7.55. The van der Waals surface area contributed by atoms with E-state index in [-0.39, 0.29) is 0 Å². The summed E-state index contributed by atoms with van der Waals surface area (Å²) in [5, 5.41) is 7.51. The molecule has 0 aliphatic rings. The van der Waals surface area contributed by atoms with Crippen molar-refractivity contribution in [3.05, 3.63) is 34.6 Å². The largest absolute Gasteiger partial charge is 0.339 e. The first-order valence-corrected chi connectivity index (χ1v) is 7.84.